The highest BCUT2D eigenvalue weighted by molar-refractivity contribution is 7.97. The molecule has 0 aliphatic heterocycles. The zero-order valence-corrected chi connectivity index (χ0v) is 17.5. The SMILES string of the molecule is O=S(=O)([O-])C(F)(COc1ccc([S+](c2ccccc2)c2ccc(O)cc2)cc1)C(F)F. The van der Waals surface area contributed by atoms with Gasteiger partial charge in [-0.1, -0.05) is 18.2 Å². The van der Waals surface area contributed by atoms with E-state index in [1.54, 1.807) is 36.4 Å². The van der Waals surface area contributed by atoms with Crippen LogP contribution in [0.5, 0.6) is 11.5 Å². The number of hydrogen-bond donors (Lipinski definition) is 1. The minimum Gasteiger partial charge on any atom is -0.745 e. The Morgan fingerprint density at radius 1 is 0.903 bits per heavy atom. The summed E-state index contributed by atoms with van der Waals surface area (Å²) in [6.45, 7) is -1.63. The van der Waals surface area contributed by atoms with Gasteiger partial charge in [0.1, 0.15) is 28.2 Å². The average molecular weight is 470 g/mol. The fraction of sp³-hybridized carbons (Fsp3) is 0.143. The summed E-state index contributed by atoms with van der Waals surface area (Å²) < 4.78 is 77.1. The maximum absolute atomic E-state index is 14.0. The van der Waals surface area contributed by atoms with E-state index in [0.717, 1.165) is 14.7 Å². The largest absolute Gasteiger partial charge is 0.745 e. The molecule has 0 radical (unpaired) electrons. The summed E-state index contributed by atoms with van der Waals surface area (Å²) in [6.07, 6.45) is -4.05. The molecule has 0 saturated carbocycles. The number of phenols is 1. The van der Waals surface area contributed by atoms with Crippen molar-refractivity contribution in [2.45, 2.75) is 26.1 Å². The molecule has 5 nitrogen and oxygen atoms in total. The van der Waals surface area contributed by atoms with Crippen molar-refractivity contribution < 1.29 is 36.0 Å². The highest BCUT2D eigenvalue weighted by Gasteiger charge is 2.48. The fourth-order valence-corrected chi connectivity index (χ4v) is 5.13. The molecule has 10 heteroatoms. The van der Waals surface area contributed by atoms with E-state index in [1.165, 1.54) is 12.1 Å². The lowest BCUT2D eigenvalue weighted by molar-refractivity contribution is -0.0115. The van der Waals surface area contributed by atoms with Crippen molar-refractivity contribution in [3.63, 3.8) is 0 Å². The molecule has 3 aromatic rings. The van der Waals surface area contributed by atoms with Crippen molar-refractivity contribution in [2.24, 2.45) is 0 Å². The Hall–Kier alpha value is -2.69. The maximum Gasteiger partial charge on any atom is 0.291 e. The van der Waals surface area contributed by atoms with Crippen LogP contribution in [0.15, 0.2) is 93.5 Å². The summed E-state index contributed by atoms with van der Waals surface area (Å²) in [7, 11) is -6.52. The van der Waals surface area contributed by atoms with Gasteiger partial charge in [0.25, 0.3) is 11.4 Å². The summed E-state index contributed by atoms with van der Waals surface area (Å²) in [6, 6.07) is 22.2. The van der Waals surface area contributed by atoms with Gasteiger partial charge in [-0.2, -0.15) is 0 Å². The van der Waals surface area contributed by atoms with Gasteiger partial charge in [0.05, 0.1) is 10.9 Å². The molecular weight excluding hydrogens is 453 g/mol. The third kappa shape index (κ3) is 5.15. The van der Waals surface area contributed by atoms with E-state index in [1.807, 2.05) is 30.3 Å². The molecule has 164 valence electrons. The van der Waals surface area contributed by atoms with Crippen LogP contribution in [0.3, 0.4) is 0 Å². The molecule has 0 heterocycles. The molecular formula is C21H17F3O5S2. The van der Waals surface area contributed by atoms with Gasteiger partial charge in [-0.3, -0.25) is 0 Å². The van der Waals surface area contributed by atoms with Crippen LogP contribution in [0.25, 0.3) is 0 Å². The van der Waals surface area contributed by atoms with Crippen LogP contribution in [0.1, 0.15) is 0 Å². The van der Waals surface area contributed by atoms with E-state index >= 15 is 0 Å². The number of ether oxygens (including phenoxy) is 1. The quantitative estimate of drug-likeness (QED) is 0.391. The monoisotopic (exact) mass is 470 g/mol. The van der Waals surface area contributed by atoms with Crippen LogP contribution < -0.4 is 4.74 Å². The lowest BCUT2D eigenvalue weighted by Crippen LogP contribution is -2.46. The molecule has 0 fully saturated rings. The molecule has 1 N–H and O–H groups in total. The van der Waals surface area contributed by atoms with Crippen molar-refractivity contribution in [1.82, 2.24) is 0 Å². The summed E-state index contributed by atoms with van der Waals surface area (Å²) in [5.41, 5.74) is 0. The Kier molecular flexibility index (Phi) is 6.83. The van der Waals surface area contributed by atoms with Crippen molar-refractivity contribution >= 4 is 21.0 Å². The van der Waals surface area contributed by atoms with E-state index in [-0.39, 0.29) is 11.5 Å². The molecule has 0 saturated heterocycles. The minimum atomic E-state index is -5.94. The van der Waals surface area contributed by atoms with Crippen LogP contribution in [-0.4, -0.2) is 36.1 Å². The number of hydrogen-bond acceptors (Lipinski definition) is 5. The molecule has 31 heavy (non-hydrogen) atoms. The normalized spacial score (nSPS) is 14.7. The lowest BCUT2D eigenvalue weighted by atomic mass is 10.3. The van der Waals surface area contributed by atoms with E-state index in [9.17, 15) is 31.2 Å². The first kappa shape index (κ1) is 23.0. The summed E-state index contributed by atoms with van der Waals surface area (Å²) in [5.74, 6) is 0.0450. The number of halogens is 3. The first-order valence-electron chi connectivity index (χ1n) is 8.85. The molecule has 0 aliphatic carbocycles. The van der Waals surface area contributed by atoms with E-state index in [4.69, 9.17) is 4.74 Å². The van der Waals surface area contributed by atoms with Gasteiger partial charge in [-0.15, -0.1) is 0 Å². The number of alkyl halides is 3. The molecule has 3 aromatic carbocycles. The molecule has 3 rings (SSSR count). The van der Waals surface area contributed by atoms with Crippen molar-refractivity contribution in [3.05, 3.63) is 78.9 Å². The second-order valence-corrected chi connectivity index (χ2v) is 10.0. The van der Waals surface area contributed by atoms with Crippen molar-refractivity contribution in [3.8, 4) is 11.5 Å². The van der Waals surface area contributed by atoms with Crippen LogP contribution in [0, 0.1) is 0 Å². The molecule has 0 amide bonds. The number of benzene rings is 3. The van der Waals surface area contributed by atoms with Gasteiger partial charge < -0.3 is 14.4 Å². The lowest BCUT2D eigenvalue weighted by Gasteiger charge is -2.27. The predicted molar refractivity (Wildman–Crippen MR) is 108 cm³/mol. The van der Waals surface area contributed by atoms with Gasteiger partial charge >= 0.3 is 0 Å². The Morgan fingerprint density at radius 3 is 1.87 bits per heavy atom. The zero-order chi connectivity index (χ0) is 22.6. The van der Waals surface area contributed by atoms with Crippen LogP contribution >= 0.6 is 0 Å². The Morgan fingerprint density at radius 2 is 1.39 bits per heavy atom. The van der Waals surface area contributed by atoms with Gasteiger partial charge in [0.2, 0.25) is 0 Å². The third-order valence-electron chi connectivity index (χ3n) is 4.29. The fourth-order valence-electron chi connectivity index (χ4n) is 2.65. The van der Waals surface area contributed by atoms with Gasteiger partial charge in [0, 0.05) is 0 Å². The average Bonchev–Trinajstić information content (AvgIpc) is 2.74. The first-order valence-corrected chi connectivity index (χ1v) is 11.5. The molecule has 0 spiro atoms. The van der Waals surface area contributed by atoms with E-state index in [0.29, 0.717) is 0 Å². The maximum atomic E-state index is 14.0. The smallest absolute Gasteiger partial charge is 0.291 e. The number of rotatable bonds is 8. The summed E-state index contributed by atoms with van der Waals surface area (Å²) in [4.78, 5) is 2.68. The Bertz CT molecular complexity index is 1110. The summed E-state index contributed by atoms with van der Waals surface area (Å²) >= 11 is 0. The Balaban J connectivity index is 1.88. The van der Waals surface area contributed by atoms with Gasteiger partial charge in [-0.25, -0.2) is 21.6 Å². The Labute approximate surface area is 180 Å². The van der Waals surface area contributed by atoms with Crippen LogP contribution in [0.4, 0.5) is 13.2 Å². The van der Waals surface area contributed by atoms with Crippen molar-refractivity contribution in [2.75, 3.05) is 6.61 Å². The molecule has 0 bridgehead atoms. The molecule has 0 aliphatic rings. The van der Waals surface area contributed by atoms with Gasteiger partial charge in [0.15, 0.2) is 14.7 Å². The molecule has 0 aromatic heterocycles. The molecule has 2 atom stereocenters. The van der Waals surface area contributed by atoms with Crippen LogP contribution in [-0.2, 0) is 21.0 Å². The third-order valence-corrected chi connectivity index (χ3v) is 7.65. The van der Waals surface area contributed by atoms with E-state index < -0.39 is 39.0 Å². The zero-order valence-electron chi connectivity index (χ0n) is 15.8. The highest BCUT2D eigenvalue weighted by atomic mass is 32.2. The van der Waals surface area contributed by atoms with Gasteiger partial charge in [-0.05, 0) is 60.7 Å². The predicted octanol–water partition coefficient (Wildman–Crippen LogP) is 4.34. The second kappa shape index (κ2) is 9.21. The topological polar surface area (TPSA) is 86.7 Å². The summed E-state index contributed by atoms with van der Waals surface area (Å²) in [5, 5.41) is 5.23. The standard InChI is InChI=1S/C21H17F3O5S2/c22-20(23)21(24,31(26,27)28)14-29-16-8-12-19(13-9-16)30(17-4-2-1-3-5-17)18-10-6-15(25)7-11-18/h1-13,20H,14H2,(H-,25,26,27,28). The number of aromatic hydroxyl groups is 1. The minimum absolute atomic E-state index is 0.0719. The molecule has 2 unspecified atom stereocenters. The van der Waals surface area contributed by atoms with E-state index in [2.05, 4.69) is 0 Å². The number of phenolic OH excluding ortho intramolecular Hbond substituents is 1. The van der Waals surface area contributed by atoms with Crippen LogP contribution in [0.2, 0.25) is 0 Å². The highest BCUT2D eigenvalue weighted by Crippen LogP contribution is 2.33. The second-order valence-electron chi connectivity index (χ2n) is 6.41. The van der Waals surface area contributed by atoms with Crippen molar-refractivity contribution in [1.29, 1.82) is 0 Å². The first-order chi connectivity index (χ1) is 14.6.